The van der Waals surface area contributed by atoms with Gasteiger partial charge in [-0.3, -0.25) is 9.89 Å². The zero-order valence-corrected chi connectivity index (χ0v) is 10.8. The summed E-state index contributed by atoms with van der Waals surface area (Å²) in [6.07, 6.45) is 1.59. The number of aromatic nitrogens is 2. The number of halogens is 2. The lowest BCUT2D eigenvalue weighted by molar-refractivity contribution is -0.118. The summed E-state index contributed by atoms with van der Waals surface area (Å²) in [5.74, 6) is -0.0685. The van der Waals surface area contributed by atoms with Gasteiger partial charge in [-0.25, -0.2) is 4.39 Å². The second-order valence-electron chi connectivity index (χ2n) is 3.84. The van der Waals surface area contributed by atoms with Gasteiger partial charge in [0.25, 0.3) is 5.91 Å². The zero-order chi connectivity index (χ0) is 13.8. The van der Waals surface area contributed by atoms with Crippen molar-refractivity contribution >= 4 is 23.3 Å². The van der Waals surface area contributed by atoms with E-state index in [-0.39, 0.29) is 23.3 Å². The average molecular weight is 284 g/mol. The number of ether oxygens (including phenoxy) is 1. The van der Waals surface area contributed by atoms with Crippen LogP contribution in [-0.2, 0) is 4.79 Å². The van der Waals surface area contributed by atoms with E-state index in [0.29, 0.717) is 5.82 Å². The number of nitrogens with zero attached hydrogens (tertiary/aromatic N) is 1. The Balaban J connectivity index is 1.92. The highest BCUT2D eigenvalue weighted by molar-refractivity contribution is 6.32. The van der Waals surface area contributed by atoms with Crippen molar-refractivity contribution in [2.75, 3.05) is 11.9 Å². The normalized spacial score (nSPS) is 10.3. The maximum Gasteiger partial charge on any atom is 0.263 e. The summed E-state index contributed by atoms with van der Waals surface area (Å²) < 4.78 is 18.0. The van der Waals surface area contributed by atoms with Crippen molar-refractivity contribution in [3.63, 3.8) is 0 Å². The number of carbonyl (C=O) groups is 1. The molecule has 100 valence electrons. The molecule has 19 heavy (non-hydrogen) atoms. The number of aromatic amines is 1. The molecule has 2 N–H and O–H groups in total. The lowest BCUT2D eigenvalue weighted by Crippen LogP contribution is -2.20. The van der Waals surface area contributed by atoms with E-state index in [1.165, 1.54) is 12.1 Å². The third-order valence-electron chi connectivity index (χ3n) is 2.35. The number of anilines is 1. The smallest absolute Gasteiger partial charge is 0.263 e. The number of benzene rings is 1. The highest BCUT2D eigenvalue weighted by atomic mass is 35.5. The first-order valence-corrected chi connectivity index (χ1v) is 5.81. The second kappa shape index (κ2) is 5.71. The molecule has 0 saturated heterocycles. The summed E-state index contributed by atoms with van der Waals surface area (Å²) in [4.78, 5) is 11.6. The summed E-state index contributed by atoms with van der Waals surface area (Å²) in [6, 6.07) is 3.69. The van der Waals surface area contributed by atoms with E-state index in [2.05, 4.69) is 15.5 Å². The summed E-state index contributed by atoms with van der Waals surface area (Å²) in [7, 11) is 0. The van der Waals surface area contributed by atoms with Crippen LogP contribution in [-0.4, -0.2) is 22.7 Å². The number of hydrogen-bond donors (Lipinski definition) is 2. The van der Waals surface area contributed by atoms with Crippen LogP contribution in [0.5, 0.6) is 5.75 Å². The molecule has 0 radical (unpaired) electrons. The fourth-order valence-corrected chi connectivity index (χ4v) is 1.61. The minimum absolute atomic E-state index is 0.116. The Morgan fingerprint density at radius 2 is 2.37 bits per heavy atom. The minimum Gasteiger partial charge on any atom is -0.482 e. The molecule has 0 spiro atoms. The Morgan fingerprint density at radius 3 is 3.00 bits per heavy atom. The van der Waals surface area contributed by atoms with Crippen LogP contribution < -0.4 is 10.1 Å². The largest absolute Gasteiger partial charge is 0.482 e. The molecule has 2 aromatic rings. The lowest BCUT2D eigenvalue weighted by Gasteiger charge is -2.08. The molecule has 0 saturated carbocycles. The number of rotatable bonds is 4. The molecular weight excluding hydrogens is 273 g/mol. The van der Waals surface area contributed by atoms with E-state index in [1.54, 1.807) is 13.1 Å². The summed E-state index contributed by atoms with van der Waals surface area (Å²) in [6.45, 7) is 1.57. The number of H-pyrrole nitrogens is 1. The minimum atomic E-state index is -0.463. The van der Waals surface area contributed by atoms with Gasteiger partial charge in [-0.05, 0) is 25.1 Å². The van der Waals surface area contributed by atoms with Crippen LogP contribution in [0.25, 0.3) is 0 Å². The summed E-state index contributed by atoms with van der Waals surface area (Å²) in [5, 5.41) is 9.12. The Bertz CT molecular complexity index is 600. The van der Waals surface area contributed by atoms with E-state index >= 15 is 0 Å². The van der Waals surface area contributed by atoms with Crippen LogP contribution in [0.15, 0.2) is 24.4 Å². The summed E-state index contributed by atoms with van der Waals surface area (Å²) in [5.41, 5.74) is 0.813. The first kappa shape index (κ1) is 13.4. The standard InChI is InChI=1S/C12H11ClFN3O2/c1-7-5-15-17-12(7)16-11(18)6-19-10-3-2-8(14)4-9(10)13/h2-5H,6H2,1H3,(H2,15,16,17,18). The SMILES string of the molecule is Cc1cn[nH]c1NC(=O)COc1ccc(F)cc1Cl. The molecule has 0 aliphatic heterocycles. The van der Waals surface area contributed by atoms with Gasteiger partial charge < -0.3 is 10.1 Å². The van der Waals surface area contributed by atoms with Crippen LogP contribution in [0.2, 0.25) is 5.02 Å². The maximum absolute atomic E-state index is 12.8. The highest BCUT2D eigenvalue weighted by Gasteiger charge is 2.09. The molecule has 0 fully saturated rings. The fourth-order valence-electron chi connectivity index (χ4n) is 1.38. The van der Waals surface area contributed by atoms with Gasteiger partial charge in [0.2, 0.25) is 0 Å². The predicted molar refractivity (Wildman–Crippen MR) is 68.9 cm³/mol. The molecule has 1 amide bonds. The van der Waals surface area contributed by atoms with Gasteiger partial charge in [-0.1, -0.05) is 11.6 Å². The molecular formula is C12H11ClFN3O2. The van der Waals surface area contributed by atoms with Crippen LogP contribution in [0.1, 0.15) is 5.56 Å². The molecule has 1 aromatic heterocycles. The van der Waals surface area contributed by atoms with Gasteiger partial charge in [-0.2, -0.15) is 5.10 Å². The molecule has 1 aromatic carbocycles. The van der Waals surface area contributed by atoms with Crippen LogP contribution in [0, 0.1) is 12.7 Å². The maximum atomic E-state index is 12.8. The Kier molecular flexibility index (Phi) is 4.01. The summed E-state index contributed by atoms with van der Waals surface area (Å²) >= 11 is 5.77. The number of aryl methyl sites for hydroxylation is 1. The van der Waals surface area contributed by atoms with E-state index in [4.69, 9.17) is 16.3 Å². The molecule has 2 rings (SSSR count). The number of hydrogen-bond acceptors (Lipinski definition) is 3. The number of carbonyl (C=O) groups excluding carboxylic acids is 1. The van der Waals surface area contributed by atoms with Crippen molar-refractivity contribution < 1.29 is 13.9 Å². The molecule has 0 aliphatic carbocycles. The Hall–Kier alpha value is -2.08. The van der Waals surface area contributed by atoms with Crippen molar-refractivity contribution in [2.45, 2.75) is 6.92 Å². The predicted octanol–water partition coefficient (Wildman–Crippen LogP) is 2.53. The van der Waals surface area contributed by atoms with Gasteiger partial charge in [0.15, 0.2) is 6.61 Å². The molecule has 0 aliphatic rings. The first-order chi connectivity index (χ1) is 9.06. The second-order valence-corrected chi connectivity index (χ2v) is 4.25. The highest BCUT2D eigenvalue weighted by Crippen LogP contribution is 2.24. The van der Waals surface area contributed by atoms with Gasteiger partial charge >= 0.3 is 0 Å². The topological polar surface area (TPSA) is 67.0 Å². The van der Waals surface area contributed by atoms with Gasteiger partial charge in [0.05, 0.1) is 11.2 Å². The molecule has 1 heterocycles. The molecule has 0 atom stereocenters. The van der Waals surface area contributed by atoms with E-state index < -0.39 is 5.82 Å². The average Bonchev–Trinajstić information content (AvgIpc) is 2.74. The molecule has 0 unspecified atom stereocenters. The third-order valence-corrected chi connectivity index (χ3v) is 2.64. The quantitative estimate of drug-likeness (QED) is 0.906. The van der Waals surface area contributed by atoms with E-state index in [9.17, 15) is 9.18 Å². The first-order valence-electron chi connectivity index (χ1n) is 5.44. The fraction of sp³-hybridized carbons (Fsp3) is 0.167. The van der Waals surface area contributed by atoms with Crippen molar-refractivity contribution in [1.82, 2.24) is 10.2 Å². The third kappa shape index (κ3) is 3.45. The van der Waals surface area contributed by atoms with Crippen LogP contribution in [0.4, 0.5) is 10.2 Å². The van der Waals surface area contributed by atoms with Crippen molar-refractivity contribution in [1.29, 1.82) is 0 Å². The number of amides is 1. The van der Waals surface area contributed by atoms with Crippen LogP contribution in [0.3, 0.4) is 0 Å². The van der Waals surface area contributed by atoms with E-state index in [1.807, 2.05) is 0 Å². The Labute approximate surface area is 113 Å². The van der Waals surface area contributed by atoms with Crippen molar-refractivity contribution in [3.05, 3.63) is 40.8 Å². The van der Waals surface area contributed by atoms with Gasteiger partial charge in [-0.15, -0.1) is 0 Å². The van der Waals surface area contributed by atoms with E-state index in [0.717, 1.165) is 11.6 Å². The molecule has 5 nitrogen and oxygen atoms in total. The van der Waals surface area contributed by atoms with Crippen LogP contribution >= 0.6 is 11.6 Å². The zero-order valence-electron chi connectivity index (χ0n) is 10.0. The van der Waals surface area contributed by atoms with Crippen molar-refractivity contribution in [3.8, 4) is 5.75 Å². The molecule has 0 bridgehead atoms. The Morgan fingerprint density at radius 1 is 1.58 bits per heavy atom. The van der Waals surface area contributed by atoms with Gasteiger partial charge in [0, 0.05) is 5.56 Å². The monoisotopic (exact) mass is 283 g/mol. The lowest BCUT2D eigenvalue weighted by atomic mass is 10.3. The molecule has 7 heteroatoms. The number of nitrogens with one attached hydrogen (secondary N) is 2. The van der Waals surface area contributed by atoms with Gasteiger partial charge in [0.1, 0.15) is 17.4 Å². The van der Waals surface area contributed by atoms with Crippen molar-refractivity contribution in [2.24, 2.45) is 0 Å².